The molecule has 6 nitrogen and oxygen atoms in total. The van der Waals surface area contributed by atoms with Gasteiger partial charge >= 0.3 is 0 Å². The molecule has 3 heterocycles. The third-order valence-electron chi connectivity index (χ3n) is 4.41. The van der Waals surface area contributed by atoms with E-state index in [0.29, 0.717) is 28.6 Å². The summed E-state index contributed by atoms with van der Waals surface area (Å²) in [5.41, 5.74) is 3.10. The molecule has 3 aromatic rings. The number of nitrogens with one attached hydrogen (secondary N) is 1. The van der Waals surface area contributed by atoms with E-state index in [1.165, 1.54) is 28.6 Å². The lowest BCUT2D eigenvalue weighted by Gasteiger charge is -2.16. The molecule has 1 aromatic carbocycles. The molecule has 0 radical (unpaired) electrons. The van der Waals surface area contributed by atoms with Gasteiger partial charge in [-0.25, -0.2) is 18.7 Å². The van der Waals surface area contributed by atoms with Gasteiger partial charge in [-0.2, -0.15) is 9.78 Å². The minimum Gasteiger partial charge on any atom is -0.309 e. The molecule has 144 valence electrons. The Morgan fingerprint density at radius 2 is 1.86 bits per heavy atom. The fourth-order valence-electron chi connectivity index (χ4n) is 3.29. The Morgan fingerprint density at radius 1 is 1.14 bits per heavy atom. The summed E-state index contributed by atoms with van der Waals surface area (Å²) in [7, 11) is 0. The van der Waals surface area contributed by atoms with Crippen molar-refractivity contribution in [2.45, 2.75) is 26.0 Å². The number of nitrogens with zero attached hydrogens (tertiary/aromatic N) is 4. The van der Waals surface area contributed by atoms with E-state index in [0.717, 1.165) is 17.5 Å². The van der Waals surface area contributed by atoms with Crippen molar-refractivity contribution < 1.29 is 13.6 Å². The van der Waals surface area contributed by atoms with Gasteiger partial charge in [-0.1, -0.05) is 6.07 Å². The molecule has 1 N–H and O–H groups in total. The zero-order valence-corrected chi connectivity index (χ0v) is 16.3. The number of carbonyl (C=O) groups is 1. The minimum absolute atomic E-state index is 0.128. The molecule has 1 aliphatic rings. The van der Waals surface area contributed by atoms with Crippen molar-refractivity contribution in [2.75, 3.05) is 11.1 Å². The first-order valence-electron chi connectivity index (χ1n) is 8.62. The smallest absolute Gasteiger partial charge is 0.252 e. The number of aryl methyl sites for hydroxylation is 3. The van der Waals surface area contributed by atoms with Gasteiger partial charge in [0.2, 0.25) is 5.91 Å². The lowest BCUT2D eigenvalue weighted by molar-refractivity contribution is -0.113. The molecular formula is C19H17F2N5OS. The number of aromatic nitrogens is 4. The van der Waals surface area contributed by atoms with E-state index in [4.69, 9.17) is 0 Å². The number of thioether (sulfide) groups is 1. The molecule has 0 aliphatic carbocycles. The molecule has 0 saturated carbocycles. The largest absolute Gasteiger partial charge is 0.309 e. The van der Waals surface area contributed by atoms with Crippen LogP contribution in [-0.4, -0.2) is 31.4 Å². The molecule has 0 spiro atoms. The molecule has 1 aliphatic heterocycles. The Kier molecular flexibility index (Phi) is 4.62. The van der Waals surface area contributed by atoms with E-state index in [1.807, 2.05) is 19.9 Å². The average Bonchev–Trinajstić information content (AvgIpc) is 2.81. The third-order valence-corrected chi connectivity index (χ3v) is 5.66. The SMILES string of the molecule is Cc1cc(C)nc(-n2nc(C)c3c2NC(=O)CSC3c2ccc(F)cc2F)n1. The fourth-order valence-corrected chi connectivity index (χ4v) is 4.50. The molecule has 4 rings (SSSR count). The van der Waals surface area contributed by atoms with Crippen molar-refractivity contribution in [1.29, 1.82) is 0 Å². The third kappa shape index (κ3) is 3.26. The number of carbonyl (C=O) groups excluding carboxylic acids is 1. The molecule has 1 unspecified atom stereocenters. The van der Waals surface area contributed by atoms with Crippen LogP contribution in [0.15, 0.2) is 24.3 Å². The van der Waals surface area contributed by atoms with Gasteiger partial charge < -0.3 is 5.32 Å². The summed E-state index contributed by atoms with van der Waals surface area (Å²) in [6.45, 7) is 5.47. The number of fused-ring (bicyclic) bond motifs is 1. The fraction of sp³-hybridized carbons (Fsp3) is 0.263. The minimum atomic E-state index is -0.660. The molecule has 0 fully saturated rings. The van der Waals surface area contributed by atoms with Crippen molar-refractivity contribution in [3.8, 4) is 5.95 Å². The number of amides is 1. The maximum atomic E-state index is 14.5. The average molecular weight is 401 g/mol. The van der Waals surface area contributed by atoms with E-state index in [-0.39, 0.29) is 11.7 Å². The first kappa shape index (κ1) is 18.5. The van der Waals surface area contributed by atoms with Crippen LogP contribution in [0.1, 0.15) is 33.5 Å². The van der Waals surface area contributed by atoms with Gasteiger partial charge in [0.15, 0.2) is 0 Å². The summed E-state index contributed by atoms with van der Waals surface area (Å²) in [4.78, 5) is 21.2. The summed E-state index contributed by atoms with van der Waals surface area (Å²) in [6.07, 6.45) is 0. The Morgan fingerprint density at radius 3 is 2.54 bits per heavy atom. The molecular weight excluding hydrogens is 384 g/mol. The summed E-state index contributed by atoms with van der Waals surface area (Å²) in [5, 5.41) is 6.84. The molecule has 1 atom stereocenters. The van der Waals surface area contributed by atoms with Gasteiger partial charge in [0, 0.05) is 28.6 Å². The van der Waals surface area contributed by atoms with Crippen LogP contribution in [0.5, 0.6) is 0 Å². The van der Waals surface area contributed by atoms with Gasteiger partial charge in [0.05, 0.1) is 16.7 Å². The highest BCUT2D eigenvalue weighted by Crippen LogP contribution is 2.44. The standard InChI is InChI=1S/C19H17F2N5OS/c1-9-6-10(2)23-19(22-9)26-18-16(11(3)25-26)17(28-8-15(27)24-18)13-5-4-12(20)7-14(13)21/h4-7,17H,8H2,1-3H3,(H,24,27). The summed E-state index contributed by atoms with van der Waals surface area (Å²) < 4.78 is 29.4. The Balaban J connectivity index is 1.92. The number of rotatable bonds is 2. The highest BCUT2D eigenvalue weighted by atomic mass is 32.2. The molecule has 2 aromatic heterocycles. The van der Waals surface area contributed by atoms with Crippen molar-refractivity contribution in [3.05, 3.63) is 64.1 Å². The predicted octanol–water partition coefficient (Wildman–Crippen LogP) is 3.64. The van der Waals surface area contributed by atoms with E-state index in [2.05, 4.69) is 20.4 Å². The van der Waals surface area contributed by atoms with Crippen LogP contribution in [-0.2, 0) is 4.79 Å². The Hall–Kier alpha value is -2.81. The summed E-state index contributed by atoms with van der Waals surface area (Å²) in [6, 6.07) is 5.31. The van der Waals surface area contributed by atoms with Crippen LogP contribution < -0.4 is 5.32 Å². The molecule has 28 heavy (non-hydrogen) atoms. The van der Waals surface area contributed by atoms with Gasteiger partial charge in [-0.15, -0.1) is 11.8 Å². The first-order valence-corrected chi connectivity index (χ1v) is 9.67. The second-order valence-corrected chi connectivity index (χ2v) is 7.71. The van der Waals surface area contributed by atoms with Crippen LogP contribution in [0, 0.1) is 32.4 Å². The highest BCUT2D eigenvalue weighted by Gasteiger charge is 2.32. The van der Waals surface area contributed by atoms with Crippen molar-refractivity contribution >= 4 is 23.5 Å². The number of halogens is 2. The van der Waals surface area contributed by atoms with E-state index < -0.39 is 16.9 Å². The first-order chi connectivity index (χ1) is 13.3. The van der Waals surface area contributed by atoms with Crippen LogP contribution in [0.3, 0.4) is 0 Å². The Labute approximate surface area is 164 Å². The zero-order valence-electron chi connectivity index (χ0n) is 15.5. The number of anilines is 1. The topological polar surface area (TPSA) is 72.7 Å². The van der Waals surface area contributed by atoms with Crippen LogP contribution in [0.4, 0.5) is 14.6 Å². The van der Waals surface area contributed by atoms with Crippen LogP contribution in [0.25, 0.3) is 5.95 Å². The normalized spacial score (nSPS) is 16.5. The zero-order chi connectivity index (χ0) is 20.0. The second kappa shape index (κ2) is 6.97. The van der Waals surface area contributed by atoms with Crippen molar-refractivity contribution in [2.24, 2.45) is 0 Å². The van der Waals surface area contributed by atoms with E-state index >= 15 is 0 Å². The molecule has 1 amide bonds. The van der Waals surface area contributed by atoms with E-state index in [9.17, 15) is 13.6 Å². The summed E-state index contributed by atoms with van der Waals surface area (Å²) in [5.74, 6) is -0.679. The highest BCUT2D eigenvalue weighted by molar-refractivity contribution is 8.00. The molecule has 0 saturated heterocycles. The monoisotopic (exact) mass is 401 g/mol. The lowest BCUT2D eigenvalue weighted by Crippen LogP contribution is -2.17. The Bertz CT molecular complexity index is 1080. The van der Waals surface area contributed by atoms with Crippen LogP contribution in [0.2, 0.25) is 0 Å². The lowest BCUT2D eigenvalue weighted by atomic mass is 10.0. The van der Waals surface area contributed by atoms with E-state index in [1.54, 1.807) is 6.92 Å². The number of hydrogen-bond donors (Lipinski definition) is 1. The number of hydrogen-bond acceptors (Lipinski definition) is 5. The van der Waals surface area contributed by atoms with Crippen molar-refractivity contribution in [3.63, 3.8) is 0 Å². The van der Waals surface area contributed by atoms with Crippen LogP contribution >= 0.6 is 11.8 Å². The predicted molar refractivity (Wildman–Crippen MR) is 103 cm³/mol. The number of benzene rings is 1. The van der Waals surface area contributed by atoms with Gasteiger partial charge in [-0.3, -0.25) is 4.79 Å². The summed E-state index contributed by atoms with van der Waals surface area (Å²) >= 11 is 1.27. The quantitative estimate of drug-likeness (QED) is 0.710. The maximum absolute atomic E-state index is 14.5. The van der Waals surface area contributed by atoms with Gasteiger partial charge in [0.25, 0.3) is 5.95 Å². The van der Waals surface area contributed by atoms with Gasteiger partial charge in [-0.05, 0) is 32.9 Å². The molecule has 0 bridgehead atoms. The second-order valence-electron chi connectivity index (χ2n) is 6.62. The van der Waals surface area contributed by atoms with Gasteiger partial charge in [0.1, 0.15) is 17.5 Å². The van der Waals surface area contributed by atoms with Crippen molar-refractivity contribution in [1.82, 2.24) is 19.7 Å². The molecule has 9 heteroatoms. The maximum Gasteiger partial charge on any atom is 0.252 e.